The van der Waals surface area contributed by atoms with Crippen LogP contribution in [0.2, 0.25) is 0 Å². The minimum atomic E-state index is -3.89. The smallest absolute Gasteiger partial charge is 0.413 e. The summed E-state index contributed by atoms with van der Waals surface area (Å²) >= 11 is 0. The number of carbonyl (C=O) groups excluding carboxylic acids is 4. The zero-order chi connectivity index (χ0) is 36.7. The summed E-state index contributed by atoms with van der Waals surface area (Å²) in [5, 5.41) is 6.49. The van der Waals surface area contributed by atoms with Gasteiger partial charge in [0.25, 0.3) is 5.91 Å². The van der Waals surface area contributed by atoms with Gasteiger partial charge in [0.05, 0.1) is 11.8 Å². The number of ether oxygens (including phenoxy) is 2. The number of fused-ring (bicyclic) bond motifs is 1. The van der Waals surface area contributed by atoms with Gasteiger partial charge in [0.15, 0.2) is 0 Å². The van der Waals surface area contributed by atoms with Crippen LogP contribution in [0.4, 0.5) is 4.79 Å². The zero-order valence-corrected chi connectivity index (χ0v) is 29.9. The molecule has 13 nitrogen and oxygen atoms in total. The maximum absolute atomic E-state index is 14.5. The van der Waals surface area contributed by atoms with Crippen molar-refractivity contribution in [2.75, 3.05) is 6.54 Å². The average molecular weight is 718 g/mol. The van der Waals surface area contributed by atoms with E-state index in [1.54, 1.807) is 51.2 Å². The van der Waals surface area contributed by atoms with E-state index >= 15 is 0 Å². The average Bonchev–Trinajstić information content (AvgIpc) is 4.01. The standard InChI is InChI=1S/C37H43N5O8S/c1-6-24-20-37(24,34(45)41-51(47,48)27-15-16-27)40-31(43)29-19-26(49-32-28-10-8-7-9-23(28)17-18-38-32)21-42(29)33(44)30(36(3,4)5)39-35(46)50-25-13-11-22(2)12-14-25/h6-14,17-18,24,26-27,29-30H,1,15-16,19-21H2,2-5H3,(H,39,46)(H,40,43)(H,41,45)/t24-,26-,29+,30-,37-/m1/s1. The van der Waals surface area contributed by atoms with Crippen molar-refractivity contribution in [1.82, 2.24) is 25.2 Å². The lowest BCUT2D eigenvalue weighted by Crippen LogP contribution is -2.60. The molecule has 4 amide bonds. The van der Waals surface area contributed by atoms with Gasteiger partial charge in [0.1, 0.15) is 29.5 Å². The summed E-state index contributed by atoms with van der Waals surface area (Å²) in [7, 11) is -3.89. The van der Waals surface area contributed by atoms with Gasteiger partial charge in [-0.25, -0.2) is 18.2 Å². The van der Waals surface area contributed by atoms with Crippen LogP contribution in [-0.2, 0) is 24.4 Å². The van der Waals surface area contributed by atoms with Crippen LogP contribution in [0.3, 0.4) is 0 Å². The first kappa shape index (κ1) is 35.8. The van der Waals surface area contributed by atoms with E-state index in [2.05, 4.69) is 26.9 Å². The predicted octanol–water partition coefficient (Wildman–Crippen LogP) is 3.76. The number of amides is 4. The molecule has 2 heterocycles. The van der Waals surface area contributed by atoms with E-state index in [4.69, 9.17) is 9.47 Å². The molecule has 14 heteroatoms. The van der Waals surface area contributed by atoms with Gasteiger partial charge < -0.3 is 25.0 Å². The number of likely N-dealkylation sites (tertiary alicyclic amines) is 1. The number of rotatable bonds is 11. The fourth-order valence-corrected chi connectivity index (χ4v) is 7.78. The molecule has 1 saturated heterocycles. The van der Waals surface area contributed by atoms with Crippen molar-refractivity contribution in [2.24, 2.45) is 11.3 Å². The van der Waals surface area contributed by atoms with E-state index in [-0.39, 0.29) is 19.4 Å². The summed E-state index contributed by atoms with van der Waals surface area (Å²) in [5.74, 6) is -1.97. The summed E-state index contributed by atoms with van der Waals surface area (Å²) in [6, 6.07) is 13.9. The Morgan fingerprint density at radius 3 is 2.41 bits per heavy atom. The fraction of sp³-hybridized carbons (Fsp3) is 0.432. The van der Waals surface area contributed by atoms with Crippen molar-refractivity contribution >= 4 is 44.6 Å². The van der Waals surface area contributed by atoms with Gasteiger partial charge in [-0.2, -0.15) is 0 Å². The molecule has 2 saturated carbocycles. The summed E-state index contributed by atoms with van der Waals surface area (Å²) in [4.78, 5) is 61.0. The minimum absolute atomic E-state index is 0.0317. The minimum Gasteiger partial charge on any atom is -0.472 e. The lowest BCUT2D eigenvalue weighted by molar-refractivity contribution is -0.142. The monoisotopic (exact) mass is 717 g/mol. The Labute approximate surface area is 297 Å². The highest BCUT2D eigenvalue weighted by atomic mass is 32.2. The molecular formula is C37H43N5O8S. The Morgan fingerprint density at radius 1 is 1.06 bits per heavy atom. The molecule has 3 aliphatic rings. The van der Waals surface area contributed by atoms with Crippen LogP contribution in [0.1, 0.15) is 52.0 Å². The number of hydrogen-bond acceptors (Lipinski definition) is 9. The number of hydrogen-bond donors (Lipinski definition) is 3. The second-order valence-corrected chi connectivity index (χ2v) is 16.6. The summed E-state index contributed by atoms with van der Waals surface area (Å²) in [5.41, 5.74) is -1.40. The Hall–Kier alpha value is -4.98. The normalized spacial score (nSPS) is 23.5. The molecule has 0 bridgehead atoms. The highest BCUT2D eigenvalue weighted by molar-refractivity contribution is 7.91. The van der Waals surface area contributed by atoms with E-state index in [0.29, 0.717) is 24.5 Å². The fourth-order valence-electron chi connectivity index (χ4n) is 6.41. The van der Waals surface area contributed by atoms with Crippen LogP contribution >= 0.6 is 0 Å². The summed E-state index contributed by atoms with van der Waals surface area (Å²) < 4.78 is 39.3. The van der Waals surface area contributed by atoms with Crippen LogP contribution in [0, 0.1) is 18.3 Å². The van der Waals surface area contributed by atoms with Crippen molar-refractivity contribution in [3.05, 3.63) is 79.0 Å². The van der Waals surface area contributed by atoms with Gasteiger partial charge in [-0.3, -0.25) is 19.1 Å². The molecule has 0 spiro atoms. The molecule has 3 N–H and O–H groups in total. The number of carbonyl (C=O) groups is 4. The Bertz CT molecular complexity index is 1970. The molecule has 1 aliphatic heterocycles. The van der Waals surface area contributed by atoms with Crippen LogP contribution in [0.5, 0.6) is 11.6 Å². The van der Waals surface area contributed by atoms with Gasteiger partial charge >= 0.3 is 6.09 Å². The molecule has 0 unspecified atom stereocenters. The van der Waals surface area contributed by atoms with Crippen molar-refractivity contribution in [2.45, 2.75) is 82.4 Å². The van der Waals surface area contributed by atoms with E-state index in [1.807, 2.05) is 37.3 Å². The molecule has 270 valence electrons. The highest BCUT2D eigenvalue weighted by Gasteiger charge is 2.62. The molecular weight excluding hydrogens is 675 g/mol. The Morgan fingerprint density at radius 2 is 1.76 bits per heavy atom. The van der Waals surface area contributed by atoms with Crippen LogP contribution < -0.4 is 24.8 Å². The van der Waals surface area contributed by atoms with Gasteiger partial charge in [-0.1, -0.05) is 62.7 Å². The summed E-state index contributed by atoms with van der Waals surface area (Å²) in [6.45, 7) is 11.0. The molecule has 2 aliphatic carbocycles. The van der Waals surface area contributed by atoms with Crippen molar-refractivity contribution in [3.8, 4) is 11.6 Å². The topological polar surface area (TPSA) is 173 Å². The molecule has 2 aromatic carbocycles. The van der Waals surface area contributed by atoms with Gasteiger partial charge in [0.2, 0.25) is 27.7 Å². The van der Waals surface area contributed by atoms with Crippen LogP contribution in [0.15, 0.2) is 73.4 Å². The zero-order valence-electron chi connectivity index (χ0n) is 29.0. The lowest BCUT2D eigenvalue weighted by Gasteiger charge is -2.35. The number of aromatic nitrogens is 1. The SMILES string of the molecule is C=C[C@@H]1C[C@]1(NC(=O)[C@@H]1C[C@@H](Oc2nccc3ccccc23)CN1C(=O)[C@@H](NC(=O)Oc1ccc(C)cc1)C(C)(C)C)C(=O)NS(=O)(=O)C1CC1. The summed E-state index contributed by atoms with van der Waals surface area (Å²) in [6.07, 6.45) is 2.66. The molecule has 0 radical (unpaired) electrons. The van der Waals surface area contributed by atoms with Crippen LogP contribution in [-0.4, -0.2) is 77.6 Å². The highest BCUT2D eigenvalue weighted by Crippen LogP contribution is 2.45. The second kappa shape index (κ2) is 13.6. The van der Waals surface area contributed by atoms with Crippen LogP contribution in [0.25, 0.3) is 10.8 Å². The maximum Gasteiger partial charge on any atom is 0.413 e. The molecule has 5 atom stereocenters. The van der Waals surface area contributed by atoms with Crippen molar-refractivity contribution < 1.29 is 37.1 Å². The second-order valence-electron chi connectivity index (χ2n) is 14.6. The molecule has 3 aromatic rings. The number of nitrogens with zero attached hydrogens (tertiary/aromatic N) is 2. The number of benzene rings is 2. The molecule has 1 aromatic heterocycles. The van der Waals surface area contributed by atoms with E-state index < -0.39 is 74.1 Å². The first-order valence-corrected chi connectivity index (χ1v) is 18.5. The lowest BCUT2D eigenvalue weighted by atomic mass is 9.85. The van der Waals surface area contributed by atoms with E-state index in [0.717, 1.165) is 16.3 Å². The molecule has 3 fully saturated rings. The number of nitrogens with one attached hydrogen (secondary N) is 3. The number of sulfonamides is 1. The van der Waals surface area contributed by atoms with E-state index in [1.165, 1.54) is 11.0 Å². The van der Waals surface area contributed by atoms with E-state index in [9.17, 15) is 27.6 Å². The third-order valence-corrected chi connectivity index (χ3v) is 11.4. The Kier molecular flexibility index (Phi) is 9.57. The van der Waals surface area contributed by atoms with Gasteiger partial charge in [0, 0.05) is 23.9 Å². The maximum atomic E-state index is 14.5. The van der Waals surface area contributed by atoms with Gasteiger partial charge in [-0.15, -0.1) is 6.58 Å². The number of aryl methyl sites for hydroxylation is 1. The quantitative estimate of drug-likeness (QED) is 0.250. The van der Waals surface area contributed by atoms with Crippen molar-refractivity contribution in [3.63, 3.8) is 0 Å². The molecule has 6 rings (SSSR count). The third-order valence-electron chi connectivity index (χ3n) is 9.62. The van der Waals surface area contributed by atoms with Crippen molar-refractivity contribution in [1.29, 1.82) is 0 Å². The largest absolute Gasteiger partial charge is 0.472 e. The first-order valence-electron chi connectivity index (χ1n) is 17.0. The first-order chi connectivity index (χ1) is 24.1. The molecule has 51 heavy (non-hydrogen) atoms. The van der Waals surface area contributed by atoms with Gasteiger partial charge in [-0.05, 0) is 61.3 Å². The number of pyridine rings is 1. The third kappa shape index (κ3) is 7.70. The predicted molar refractivity (Wildman–Crippen MR) is 189 cm³/mol. The Balaban J connectivity index is 1.27.